The first-order chi connectivity index (χ1) is 12.9. The Bertz CT molecular complexity index is 1210. The molecule has 0 unspecified atom stereocenters. The summed E-state index contributed by atoms with van der Waals surface area (Å²) in [7, 11) is 0. The molecular weight excluding hydrogens is 314 g/mol. The van der Waals surface area contributed by atoms with E-state index in [9.17, 15) is 0 Å². The number of fused-ring (bicyclic) bond motifs is 3. The average Bonchev–Trinajstić information content (AvgIpc) is 2.74. The van der Waals surface area contributed by atoms with E-state index < -0.39 is 0 Å². The van der Waals surface area contributed by atoms with E-state index in [1.165, 1.54) is 38.4 Å². The van der Waals surface area contributed by atoms with Crippen LogP contribution in [0.15, 0.2) is 103 Å². The molecule has 0 radical (unpaired) electrons. The Hall–Kier alpha value is -3.45. The molecule has 1 heteroatoms. The van der Waals surface area contributed by atoms with Crippen molar-refractivity contribution in [3.05, 3.63) is 103 Å². The van der Waals surface area contributed by atoms with Gasteiger partial charge < -0.3 is 0 Å². The lowest BCUT2D eigenvalue weighted by Gasteiger charge is -2.15. The third-order valence-corrected chi connectivity index (χ3v) is 4.90. The van der Waals surface area contributed by atoms with Crippen LogP contribution in [0.1, 0.15) is 0 Å². The van der Waals surface area contributed by atoms with Crippen LogP contribution in [0, 0.1) is 0 Å². The van der Waals surface area contributed by atoms with Crippen molar-refractivity contribution >= 4 is 21.7 Å². The molecule has 0 fully saturated rings. The smallest absolute Gasteiger partial charge is 0.0715 e. The second-order valence-electron chi connectivity index (χ2n) is 6.46. The van der Waals surface area contributed by atoms with Gasteiger partial charge in [0.15, 0.2) is 0 Å². The molecule has 1 nitrogen and oxygen atoms in total. The van der Waals surface area contributed by atoms with Gasteiger partial charge in [-0.1, -0.05) is 91.0 Å². The van der Waals surface area contributed by atoms with E-state index >= 15 is 0 Å². The first kappa shape index (κ1) is 14.9. The second kappa shape index (κ2) is 6.12. The lowest BCUT2D eigenvalue weighted by molar-refractivity contribution is 1.44. The molecule has 5 rings (SSSR count). The van der Waals surface area contributed by atoms with Gasteiger partial charge in [0.1, 0.15) is 0 Å². The van der Waals surface area contributed by atoms with Gasteiger partial charge in [0.2, 0.25) is 0 Å². The molecule has 0 saturated carbocycles. The van der Waals surface area contributed by atoms with Crippen molar-refractivity contribution in [2.45, 2.75) is 0 Å². The third-order valence-electron chi connectivity index (χ3n) is 4.90. The van der Waals surface area contributed by atoms with Crippen molar-refractivity contribution in [1.29, 1.82) is 0 Å². The summed E-state index contributed by atoms with van der Waals surface area (Å²) >= 11 is 0. The molecule has 0 atom stereocenters. The maximum Gasteiger partial charge on any atom is 0.0715 e. The highest BCUT2D eigenvalue weighted by molar-refractivity contribution is 6.15. The molecule has 122 valence electrons. The standard InChI is InChI=1S/C25H17N/c1-3-9-18(10-4-1)22-15-16-23-25(24(22)19-11-5-2-6-12-19)21-14-8-7-13-20(21)17-26-23/h1-17H. The van der Waals surface area contributed by atoms with Crippen molar-refractivity contribution in [2.24, 2.45) is 0 Å². The van der Waals surface area contributed by atoms with Crippen LogP contribution in [0.2, 0.25) is 0 Å². The van der Waals surface area contributed by atoms with E-state index in [-0.39, 0.29) is 0 Å². The summed E-state index contributed by atoms with van der Waals surface area (Å²) in [5.41, 5.74) is 5.96. The van der Waals surface area contributed by atoms with E-state index in [2.05, 4.69) is 97.1 Å². The molecule has 1 aromatic heterocycles. The summed E-state index contributed by atoms with van der Waals surface area (Å²) in [4.78, 5) is 4.73. The second-order valence-corrected chi connectivity index (χ2v) is 6.46. The molecule has 1 heterocycles. The van der Waals surface area contributed by atoms with Gasteiger partial charge in [-0.15, -0.1) is 0 Å². The van der Waals surface area contributed by atoms with Gasteiger partial charge in [0, 0.05) is 17.0 Å². The zero-order chi connectivity index (χ0) is 17.3. The number of nitrogens with zero attached hydrogens (tertiary/aromatic N) is 1. The Kier molecular flexibility index (Phi) is 3.50. The Morgan fingerprint density at radius 3 is 1.96 bits per heavy atom. The lowest BCUT2D eigenvalue weighted by atomic mass is 9.89. The highest BCUT2D eigenvalue weighted by atomic mass is 14.6. The molecule has 0 aliphatic carbocycles. The predicted octanol–water partition coefficient (Wildman–Crippen LogP) is 6.72. The van der Waals surface area contributed by atoms with Crippen LogP contribution in [0.25, 0.3) is 43.9 Å². The Morgan fingerprint density at radius 2 is 1.19 bits per heavy atom. The number of pyridine rings is 1. The van der Waals surface area contributed by atoms with Gasteiger partial charge in [-0.05, 0) is 33.7 Å². The number of hydrogen-bond donors (Lipinski definition) is 0. The quantitative estimate of drug-likeness (QED) is 0.327. The number of hydrogen-bond acceptors (Lipinski definition) is 1. The molecule has 0 amide bonds. The minimum atomic E-state index is 1.03. The van der Waals surface area contributed by atoms with Crippen LogP contribution in [0.5, 0.6) is 0 Å². The molecular formula is C25H17N. The van der Waals surface area contributed by atoms with E-state index in [4.69, 9.17) is 4.98 Å². The van der Waals surface area contributed by atoms with E-state index in [1.54, 1.807) is 0 Å². The zero-order valence-electron chi connectivity index (χ0n) is 14.3. The van der Waals surface area contributed by atoms with Gasteiger partial charge in [0.25, 0.3) is 0 Å². The predicted molar refractivity (Wildman–Crippen MR) is 110 cm³/mol. The van der Waals surface area contributed by atoms with Crippen molar-refractivity contribution in [2.75, 3.05) is 0 Å². The van der Waals surface area contributed by atoms with Gasteiger partial charge in [-0.2, -0.15) is 0 Å². The van der Waals surface area contributed by atoms with E-state index in [1.807, 2.05) is 6.20 Å². The SMILES string of the molecule is c1ccc(-c2ccc3ncc4ccccc4c3c2-c2ccccc2)cc1. The molecule has 0 bridgehead atoms. The summed E-state index contributed by atoms with van der Waals surface area (Å²) in [6, 6.07) is 34.0. The Balaban J connectivity index is 1.99. The maximum absolute atomic E-state index is 4.73. The molecule has 0 saturated heterocycles. The van der Waals surface area contributed by atoms with Crippen LogP contribution >= 0.6 is 0 Å². The highest BCUT2D eigenvalue weighted by Crippen LogP contribution is 2.40. The summed E-state index contributed by atoms with van der Waals surface area (Å²) < 4.78 is 0. The largest absolute Gasteiger partial charge is 0.256 e. The first-order valence-electron chi connectivity index (χ1n) is 8.83. The van der Waals surface area contributed by atoms with Gasteiger partial charge in [-0.3, -0.25) is 4.98 Å². The van der Waals surface area contributed by atoms with Crippen LogP contribution in [0.4, 0.5) is 0 Å². The molecule has 0 aliphatic rings. The van der Waals surface area contributed by atoms with Crippen molar-refractivity contribution in [1.82, 2.24) is 4.98 Å². The fourth-order valence-electron chi connectivity index (χ4n) is 3.71. The molecule has 26 heavy (non-hydrogen) atoms. The minimum Gasteiger partial charge on any atom is -0.256 e. The highest BCUT2D eigenvalue weighted by Gasteiger charge is 2.14. The minimum absolute atomic E-state index is 1.03. The van der Waals surface area contributed by atoms with Crippen molar-refractivity contribution < 1.29 is 0 Å². The first-order valence-corrected chi connectivity index (χ1v) is 8.83. The molecule has 5 aromatic rings. The van der Waals surface area contributed by atoms with Gasteiger partial charge in [-0.25, -0.2) is 0 Å². The third kappa shape index (κ3) is 2.37. The normalized spacial score (nSPS) is 11.1. The average molecular weight is 331 g/mol. The molecule has 0 spiro atoms. The topological polar surface area (TPSA) is 12.9 Å². The fraction of sp³-hybridized carbons (Fsp3) is 0. The molecule has 4 aromatic carbocycles. The van der Waals surface area contributed by atoms with Crippen LogP contribution in [-0.2, 0) is 0 Å². The van der Waals surface area contributed by atoms with E-state index in [0.717, 1.165) is 5.52 Å². The summed E-state index contributed by atoms with van der Waals surface area (Å²) in [5.74, 6) is 0. The van der Waals surface area contributed by atoms with Crippen LogP contribution in [-0.4, -0.2) is 4.98 Å². The van der Waals surface area contributed by atoms with Crippen LogP contribution < -0.4 is 0 Å². The van der Waals surface area contributed by atoms with E-state index in [0.29, 0.717) is 0 Å². The Morgan fingerprint density at radius 1 is 0.538 bits per heavy atom. The molecule has 0 aliphatic heterocycles. The van der Waals surface area contributed by atoms with Crippen molar-refractivity contribution in [3.8, 4) is 22.3 Å². The number of aromatic nitrogens is 1. The summed E-state index contributed by atoms with van der Waals surface area (Å²) in [6.07, 6.45) is 1.97. The Labute approximate surface area is 152 Å². The summed E-state index contributed by atoms with van der Waals surface area (Å²) in [6.45, 7) is 0. The monoisotopic (exact) mass is 331 g/mol. The van der Waals surface area contributed by atoms with Gasteiger partial charge >= 0.3 is 0 Å². The number of benzene rings is 4. The van der Waals surface area contributed by atoms with Crippen molar-refractivity contribution in [3.63, 3.8) is 0 Å². The molecule has 0 N–H and O–H groups in total. The fourth-order valence-corrected chi connectivity index (χ4v) is 3.71. The van der Waals surface area contributed by atoms with Gasteiger partial charge in [0.05, 0.1) is 5.52 Å². The van der Waals surface area contributed by atoms with Crippen LogP contribution in [0.3, 0.4) is 0 Å². The summed E-state index contributed by atoms with van der Waals surface area (Å²) in [5, 5.41) is 3.63. The number of rotatable bonds is 2. The zero-order valence-corrected chi connectivity index (χ0v) is 14.3. The lowest BCUT2D eigenvalue weighted by Crippen LogP contribution is -1.91. The maximum atomic E-state index is 4.73.